The van der Waals surface area contributed by atoms with E-state index in [0.29, 0.717) is 35.9 Å². The second-order valence-corrected chi connectivity index (χ2v) is 9.38. The fourth-order valence-corrected chi connectivity index (χ4v) is 5.19. The van der Waals surface area contributed by atoms with Crippen molar-refractivity contribution in [1.29, 1.82) is 0 Å². The SMILES string of the molecule is CC1(F)CCCC(O)(CNC(=O)c2cn(CC3CCCN3)c3cccc(Cl)c23)C1. The molecular formula is C22H29ClFN3O2. The Kier molecular flexibility index (Phi) is 5.62. The lowest BCUT2D eigenvalue weighted by Gasteiger charge is -2.38. The van der Waals surface area contributed by atoms with Crippen LogP contribution < -0.4 is 10.6 Å². The zero-order valence-corrected chi connectivity index (χ0v) is 17.6. The second-order valence-electron chi connectivity index (χ2n) is 8.97. The van der Waals surface area contributed by atoms with Gasteiger partial charge in [0.15, 0.2) is 0 Å². The molecule has 1 aromatic heterocycles. The predicted octanol–water partition coefficient (Wildman–Crippen LogP) is 3.81. The fourth-order valence-electron chi connectivity index (χ4n) is 4.92. The summed E-state index contributed by atoms with van der Waals surface area (Å²) in [5, 5.41) is 18.3. The van der Waals surface area contributed by atoms with Crippen LogP contribution in [0.2, 0.25) is 5.02 Å². The summed E-state index contributed by atoms with van der Waals surface area (Å²) in [4.78, 5) is 13.0. The number of nitrogens with zero attached hydrogens (tertiary/aromatic N) is 1. The average molecular weight is 422 g/mol. The molecule has 3 atom stereocenters. The van der Waals surface area contributed by atoms with Gasteiger partial charge in [-0.05, 0) is 57.7 Å². The number of amides is 1. The van der Waals surface area contributed by atoms with Gasteiger partial charge in [-0.3, -0.25) is 4.79 Å². The summed E-state index contributed by atoms with van der Waals surface area (Å²) in [6.45, 7) is 3.34. The Hall–Kier alpha value is -1.63. The van der Waals surface area contributed by atoms with Crippen molar-refractivity contribution in [3.05, 3.63) is 35.0 Å². The molecule has 1 amide bonds. The van der Waals surface area contributed by atoms with Crippen LogP contribution in [0.3, 0.4) is 0 Å². The number of fused-ring (bicyclic) bond motifs is 1. The van der Waals surface area contributed by atoms with Crippen LogP contribution in [-0.4, -0.2) is 46.0 Å². The maximum Gasteiger partial charge on any atom is 0.253 e. The van der Waals surface area contributed by atoms with Crippen molar-refractivity contribution in [2.24, 2.45) is 0 Å². The van der Waals surface area contributed by atoms with E-state index in [4.69, 9.17) is 11.6 Å². The Balaban J connectivity index is 1.55. The number of carbonyl (C=O) groups is 1. The Bertz CT molecular complexity index is 907. The van der Waals surface area contributed by atoms with Crippen LogP contribution in [0.4, 0.5) is 4.39 Å². The van der Waals surface area contributed by atoms with Crippen molar-refractivity contribution in [2.45, 2.75) is 69.3 Å². The minimum absolute atomic E-state index is 0.0344. The number of rotatable bonds is 5. The van der Waals surface area contributed by atoms with E-state index in [2.05, 4.69) is 15.2 Å². The molecule has 1 saturated carbocycles. The molecule has 2 aromatic rings. The monoisotopic (exact) mass is 421 g/mol. The van der Waals surface area contributed by atoms with E-state index in [-0.39, 0.29) is 18.9 Å². The normalized spacial score (nSPS) is 30.0. The van der Waals surface area contributed by atoms with Gasteiger partial charge < -0.3 is 20.3 Å². The van der Waals surface area contributed by atoms with Crippen molar-refractivity contribution >= 4 is 28.4 Å². The maximum absolute atomic E-state index is 14.4. The second kappa shape index (κ2) is 7.89. The van der Waals surface area contributed by atoms with Crippen molar-refractivity contribution in [1.82, 2.24) is 15.2 Å². The van der Waals surface area contributed by atoms with Crippen LogP contribution >= 0.6 is 11.6 Å². The number of halogens is 2. The molecule has 7 heteroatoms. The molecule has 1 aromatic carbocycles. The lowest BCUT2D eigenvalue weighted by atomic mass is 9.77. The molecule has 2 fully saturated rings. The average Bonchev–Trinajstić information content (AvgIpc) is 3.28. The molecule has 0 radical (unpaired) electrons. The van der Waals surface area contributed by atoms with Crippen LogP contribution in [0.15, 0.2) is 24.4 Å². The first kappa shape index (κ1) is 20.6. The van der Waals surface area contributed by atoms with E-state index in [1.54, 1.807) is 6.07 Å². The summed E-state index contributed by atoms with van der Waals surface area (Å²) in [6.07, 6.45) is 5.69. The summed E-state index contributed by atoms with van der Waals surface area (Å²) in [5.41, 5.74) is -1.20. The fraction of sp³-hybridized carbons (Fsp3) is 0.591. The van der Waals surface area contributed by atoms with Gasteiger partial charge in [-0.2, -0.15) is 0 Å². The summed E-state index contributed by atoms with van der Waals surface area (Å²) >= 11 is 6.44. The smallest absolute Gasteiger partial charge is 0.253 e. The minimum atomic E-state index is -1.40. The quantitative estimate of drug-likeness (QED) is 0.687. The number of aliphatic hydroxyl groups is 1. The number of alkyl halides is 1. The van der Waals surface area contributed by atoms with Crippen molar-refractivity contribution in [3.8, 4) is 0 Å². The first-order valence-corrected chi connectivity index (χ1v) is 10.8. The molecule has 29 heavy (non-hydrogen) atoms. The molecule has 3 N–H and O–H groups in total. The number of hydrogen-bond acceptors (Lipinski definition) is 3. The minimum Gasteiger partial charge on any atom is -0.388 e. The number of carbonyl (C=O) groups excluding carboxylic acids is 1. The van der Waals surface area contributed by atoms with Crippen LogP contribution in [-0.2, 0) is 6.54 Å². The van der Waals surface area contributed by atoms with Gasteiger partial charge in [-0.25, -0.2) is 4.39 Å². The zero-order valence-electron chi connectivity index (χ0n) is 16.8. The Morgan fingerprint density at radius 2 is 2.24 bits per heavy atom. The van der Waals surface area contributed by atoms with Gasteiger partial charge in [0.1, 0.15) is 5.67 Å². The Labute approximate surface area is 175 Å². The van der Waals surface area contributed by atoms with Gasteiger partial charge in [-0.15, -0.1) is 0 Å². The third-order valence-electron chi connectivity index (χ3n) is 6.30. The van der Waals surface area contributed by atoms with E-state index in [1.807, 2.05) is 18.3 Å². The largest absolute Gasteiger partial charge is 0.388 e. The lowest BCUT2D eigenvalue weighted by Crippen LogP contribution is -2.49. The van der Waals surface area contributed by atoms with Crippen molar-refractivity contribution < 1.29 is 14.3 Å². The standard InChI is InChI=1S/C22H29ClFN3O2/c1-21(24)8-4-9-22(29,13-21)14-26-20(28)16-12-27(11-15-5-3-10-25-15)18-7-2-6-17(23)19(16)18/h2,6-7,12,15,25,29H,3-5,8-11,13-14H2,1H3,(H,26,28). The van der Waals surface area contributed by atoms with E-state index in [0.717, 1.165) is 36.8 Å². The number of hydrogen-bond donors (Lipinski definition) is 3. The molecule has 1 saturated heterocycles. The van der Waals surface area contributed by atoms with E-state index < -0.39 is 11.3 Å². The third kappa shape index (κ3) is 4.44. The van der Waals surface area contributed by atoms with Gasteiger partial charge in [0.25, 0.3) is 5.91 Å². The number of nitrogens with one attached hydrogen (secondary N) is 2. The number of aromatic nitrogens is 1. The maximum atomic E-state index is 14.4. The molecule has 1 aliphatic carbocycles. The summed E-state index contributed by atoms with van der Waals surface area (Å²) < 4.78 is 16.4. The third-order valence-corrected chi connectivity index (χ3v) is 6.61. The molecule has 4 rings (SSSR count). The lowest BCUT2D eigenvalue weighted by molar-refractivity contribution is -0.0533. The van der Waals surface area contributed by atoms with E-state index in [1.165, 1.54) is 6.92 Å². The Morgan fingerprint density at radius 3 is 2.97 bits per heavy atom. The predicted molar refractivity (Wildman–Crippen MR) is 113 cm³/mol. The molecule has 158 valence electrons. The first-order chi connectivity index (χ1) is 13.8. The highest BCUT2D eigenvalue weighted by Gasteiger charge is 2.41. The molecular weight excluding hydrogens is 393 g/mol. The highest BCUT2D eigenvalue weighted by molar-refractivity contribution is 6.36. The molecule has 5 nitrogen and oxygen atoms in total. The van der Waals surface area contributed by atoms with Crippen molar-refractivity contribution in [3.63, 3.8) is 0 Å². The summed E-state index contributed by atoms with van der Waals surface area (Å²) in [5.74, 6) is -0.291. The summed E-state index contributed by atoms with van der Waals surface area (Å²) in [6, 6.07) is 6.02. The first-order valence-electron chi connectivity index (χ1n) is 10.5. The van der Waals surface area contributed by atoms with E-state index >= 15 is 0 Å². The van der Waals surface area contributed by atoms with Gasteiger partial charge in [0, 0.05) is 37.1 Å². The number of benzene rings is 1. The molecule has 0 spiro atoms. The van der Waals surface area contributed by atoms with Gasteiger partial charge in [0.2, 0.25) is 0 Å². The zero-order chi connectivity index (χ0) is 20.6. The van der Waals surface area contributed by atoms with E-state index in [9.17, 15) is 14.3 Å². The van der Waals surface area contributed by atoms with Crippen molar-refractivity contribution in [2.75, 3.05) is 13.1 Å². The molecule has 1 aliphatic heterocycles. The van der Waals surface area contributed by atoms with Crippen LogP contribution in [0.25, 0.3) is 10.9 Å². The van der Waals surface area contributed by atoms with Gasteiger partial charge >= 0.3 is 0 Å². The highest BCUT2D eigenvalue weighted by Crippen LogP contribution is 2.37. The topological polar surface area (TPSA) is 66.3 Å². The van der Waals surface area contributed by atoms with Crippen LogP contribution in [0.1, 0.15) is 55.8 Å². The molecule has 3 unspecified atom stereocenters. The van der Waals surface area contributed by atoms with Crippen LogP contribution in [0, 0.1) is 0 Å². The Morgan fingerprint density at radius 1 is 1.41 bits per heavy atom. The molecule has 2 heterocycles. The van der Waals surface area contributed by atoms with Gasteiger partial charge in [0.05, 0.1) is 21.7 Å². The molecule has 2 aliphatic rings. The van der Waals surface area contributed by atoms with Gasteiger partial charge in [-0.1, -0.05) is 17.7 Å². The van der Waals surface area contributed by atoms with Crippen LogP contribution in [0.5, 0.6) is 0 Å². The summed E-state index contributed by atoms with van der Waals surface area (Å²) in [7, 11) is 0. The highest BCUT2D eigenvalue weighted by atomic mass is 35.5. The molecule has 0 bridgehead atoms.